The summed E-state index contributed by atoms with van der Waals surface area (Å²) < 4.78 is 7.59. The highest BCUT2D eigenvalue weighted by molar-refractivity contribution is 7.99. The van der Waals surface area contributed by atoms with E-state index in [1.165, 1.54) is 11.8 Å². The molecule has 0 radical (unpaired) electrons. The molecule has 0 aliphatic rings. The van der Waals surface area contributed by atoms with Crippen molar-refractivity contribution in [2.75, 3.05) is 23.9 Å². The van der Waals surface area contributed by atoms with Crippen LogP contribution in [-0.4, -0.2) is 39.3 Å². The summed E-state index contributed by atoms with van der Waals surface area (Å²) >= 11 is 3.03. The van der Waals surface area contributed by atoms with E-state index in [0.717, 1.165) is 33.4 Å². The molecule has 0 aliphatic heterocycles. The van der Waals surface area contributed by atoms with Crippen LogP contribution in [0.4, 0.5) is 5.69 Å². The van der Waals surface area contributed by atoms with E-state index >= 15 is 0 Å². The molecule has 0 aliphatic carbocycles. The summed E-state index contributed by atoms with van der Waals surface area (Å²) in [5, 5.41) is 12.5. The van der Waals surface area contributed by atoms with E-state index in [-0.39, 0.29) is 11.7 Å². The van der Waals surface area contributed by atoms with Crippen molar-refractivity contribution in [3.05, 3.63) is 90.3 Å². The normalized spacial score (nSPS) is 10.8. The minimum atomic E-state index is -0.0900. The number of hydrogen-bond acceptors (Lipinski definition) is 6. The van der Waals surface area contributed by atoms with Crippen LogP contribution in [0.2, 0.25) is 0 Å². The second kappa shape index (κ2) is 11.8. The molecule has 6 nitrogen and oxygen atoms in total. The number of rotatable bonds is 10. The Kier molecular flexibility index (Phi) is 8.27. The molecule has 0 spiro atoms. The summed E-state index contributed by atoms with van der Waals surface area (Å²) in [6.07, 6.45) is 2.66. The Labute approximate surface area is 208 Å². The number of aromatic nitrogens is 3. The first-order chi connectivity index (χ1) is 16.7. The molecule has 0 saturated heterocycles. The van der Waals surface area contributed by atoms with Crippen LogP contribution >= 0.6 is 23.5 Å². The lowest BCUT2D eigenvalue weighted by Crippen LogP contribution is -2.14. The quantitative estimate of drug-likeness (QED) is 0.287. The first-order valence-electron chi connectivity index (χ1n) is 10.9. The zero-order valence-electron chi connectivity index (χ0n) is 19.1. The van der Waals surface area contributed by atoms with Crippen LogP contribution < -0.4 is 10.1 Å². The van der Waals surface area contributed by atoms with Gasteiger partial charge in [-0.1, -0.05) is 42.1 Å². The van der Waals surface area contributed by atoms with Crippen molar-refractivity contribution in [2.45, 2.75) is 23.4 Å². The van der Waals surface area contributed by atoms with E-state index in [4.69, 9.17) is 4.74 Å². The van der Waals surface area contributed by atoms with Gasteiger partial charge in [0.25, 0.3) is 0 Å². The summed E-state index contributed by atoms with van der Waals surface area (Å²) in [4.78, 5) is 13.7. The van der Waals surface area contributed by atoms with Crippen LogP contribution in [0.25, 0.3) is 5.69 Å². The standard InChI is InChI=1S/C26H26N4O2S2/c1-3-32-22-13-11-21(12-14-22)30-24(17-19-7-5-4-6-8-19)28-29-26(30)34-18-25(31)27-20-9-15-23(33-2)16-10-20/h4-16H,3,17-18H2,1-2H3,(H,27,31). The molecule has 4 aromatic rings. The molecule has 34 heavy (non-hydrogen) atoms. The van der Waals surface area contributed by atoms with Gasteiger partial charge in [0, 0.05) is 22.7 Å². The Balaban J connectivity index is 1.52. The molecule has 0 saturated carbocycles. The lowest BCUT2D eigenvalue weighted by atomic mass is 10.1. The molecule has 0 unspecified atom stereocenters. The zero-order chi connectivity index (χ0) is 23.8. The van der Waals surface area contributed by atoms with Gasteiger partial charge in [-0.3, -0.25) is 9.36 Å². The predicted molar refractivity (Wildman–Crippen MR) is 139 cm³/mol. The third kappa shape index (κ3) is 6.21. The van der Waals surface area contributed by atoms with Crippen LogP contribution in [0, 0.1) is 0 Å². The third-order valence-electron chi connectivity index (χ3n) is 5.02. The Bertz CT molecular complexity index is 1210. The van der Waals surface area contributed by atoms with E-state index in [2.05, 4.69) is 27.6 Å². The number of carbonyl (C=O) groups is 1. The van der Waals surface area contributed by atoms with Gasteiger partial charge in [-0.25, -0.2) is 0 Å². The fourth-order valence-electron chi connectivity index (χ4n) is 3.41. The highest BCUT2D eigenvalue weighted by Gasteiger charge is 2.17. The summed E-state index contributed by atoms with van der Waals surface area (Å²) in [7, 11) is 0. The molecule has 174 valence electrons. The molecule has 1 amide bonds. The maximum Gasteiger partial charge on any atom is 0.234 e. The summed E-state index contributed by atoms with van der Waals surface area (Å²) in [5.74, 6) is 1.76. The predicted octanol–water partition coefficient (Wildman–Crippen LogP) is 5.71. The number of anilines is 1. The maximum atomic E-state index is 12.6. The smallest absolute Gasteiger partial charge is 0.234 e. The second-order valence-electron chi connectivity index (χ2n) is 7.39. The topological polar surface area (TPSA) is 69.0 Å². The third-order valence-corrected chi connectivity index (χ3v) is 6.69. The SMILES string of the molecule is CCOc1ccc(-n2c(Cc3ccccc3)nnc2SCC(=O)Nc2ccc(SC)cc2)cc1. The van der Waals surface area contributed by atoms with Gasteiger partial charge in [0.1, 0.15) is 11.6 Å². The molecule has 1 aromatic heterocycles. The maximum absolute atomic E-state index is 12.6. The average molecular weight is 491 g/mol. The highest BCUT2D eigenvalue weighted by atomic mass is 32.2. The van der Waals surface area contributed by atoms with Gasteiger partial charge in [0.05, 0.1) is 12.4 Å². The monoisotopic (exact) mass is 490 g/mol. The number of amides is 1. The fourth-order valence-corrected chi connectivity index (χ4v) is 4.58. The van der Waals surface area contributed by atoms with Gasteiger partial charge >= 0.3 is 0 Å². The van der Waals surface area contributed by atoms with Gasteiger partial charge in [0.15, 0.2) is 5.16 Å². The molecule has 8 heteroatoms. The van der Waals surface area contributed by atoms with E-state index in [1.807, 2.05) is 84.5 Å². The van der Waals surface area contributed by atoms with Gasteiger partial charge < -0.3 is 10.1 Å². The Morgan fingerprint density at radius 1 is 0.971 bits per heavy atom. The first kappa shape index (κ1) is 23.9. The number of ether oxygens (including phenoxy) is 1. The van der Waals surface area contributed by atoms with Crippen molar-refractivity contribution in [2.24, 2.45) is 0 Å². The Hall–Kier alpha value is -3.23. The van der Waals surface area contributed by atoms with Crippen LogP contribution in [0.3, 0.4) is 0 Å². The first-order valence-corrected chi connectivity index (χ1v) is 13.2. The number of thioether (sulfide) groups is 2. The summed E-state index contributed by atoms with van der Waals surface area (Å²) in [6.45, 7) is 2.57. The molecular formula is C26H26N4O2S2. The van der Waals surface area contributed by atoms with Crippen molar-refractivity contribution in [3.63, 3.8) is 0 Å². The molecule has 0 bridgehead atoms. The van der Waals surface area contributed by atoms with Crippen LogP contribution in [-0.2, 0) is 11.2 Å². The van der Waals surface area contributed by atoms with Crippen LogP contribution in [0.15, 0.2) is 88.9 Å². The van der Waals surface area contributed by atoms with Crippen molar-refractivity contribution in [1.29, 1.82) is 0 Å². The molecule has 0 atom stereocenters. The van der Waals surface area contributed by atoms with Gasteiger partial charge in [-0.2, -0.15) is 0 Å². The lowest BCUT2D eigenvalue weighted by molar-refractivity contribution is -0.113. The van der Waals surface area contributed by atoms with E-state index in [1.54, 1.807) is 11.8 Å². The van der Waals surface area contributed by atoms with Crippen molar-refractivity contribution in [1.82, 2.24) is 14.8 Å². The van der Waals surface area contributed by atoms with Crippen molar-refractivity contribution >= 4 is 35.1 Å². The van der Waals surface area contributed by atoms with Crippen molar-refractivity contribution in [3.8, 4) is 11.4 Å². The van der Waals surface area contributed by atoms with Gasteiger partial charge in [-0.05, 0) is 67.3 Å². The van der Waals surface area contributed by atoms with Crippen molar-refractivity contribution < 1.29 is 9.53 Å². The average Bonchev–Trinajstić information content (AvgIpc) is 3.27. The number of carbonyl (C=O) groups excluding carboxylic acids is 1. The van der Waals surface area contributed by atoms with E-state index < -0.39 is 0 Å². The zero-order valence-corrected chi connectivity index (χ0v) is 20.7. The number of benzene rings is 3. The molecular weight excluding hydrogens is 464 g/mol. The van der Waals surface area contributed by atoms with Gasteiger partial charge in [-0.15, -0.1) is 22.0 Å². The summed E-state index contributed by atoms with van der Waals surface area (Å²) in [5.41, 5.74) is 2.85. The van der Waals surface area contributed by atoms with Crippen LogP contribution in [0.5, 0.6) is 5.75 Å². The van der Waals surface area contributed by atoms with E-state index in [0.29, 0.717) is 18.2 Å². The Morgan fingerprint density at radius 2 is 1.71 bits per heavy atom. The molecule has 3 aromatic carbocycles. The minimum absolute atomic E-state index is 0.0900. The largest absolute Gasteiger partial charge is 0.494 e. The van der Waals surface area contributed by atoms with Crippen LogP contribution in [0.1, 0.15) is 18.3 Å². The number of nitrogens with zero attached hydrogens (tertiary/aromatic N) is 3. The molecule has 4 rings (SSSR count). The number of hydrogen-bond donors (Lipinski definition) is 1. The van der Waals surface area contributed by atoms with E-state index in [9.17, 15) is 4.79 Å². The fraction of sp³-hybridized carbons (Fsp3) is 0.192. The molecule has 0 fully saturated rings. The number of nitrogens with one attached hydrogen (secondary N) is 1. The second-order valence-corrected chi connectivity index (χ2v) is 9.21. The summed E-state index contributed by atoms with van der Waals surface area (Å²) in [6, 6.07) is 25.8. The highest BCUT2D eigenvalue weighted by Crippen LogP contribution is 2.25. The minimum Gasteiger partial charge on any atom is -0.494 e. The van der Waals surface area contributed by atoms with Gasteiger partial charge in [0.2, 0.25) is 5.91 Å². The molecule has 1 N–H and O–H groups in total. The Morgan fingerprint density at radius 3 is 2.38 bits per heavy atom. The molecule has 1 heterocycles. The lowest BCUT2D eigenvalue weighted by Gasteiger charge is -2.12.